The molecule has 1 aliphatic rings. The number of pyridine rings is 1. The number of thiazole rings is 1. The summed E-state index contributed by atoms with van der Waals surface area (Å²) in [4.78, 5) is 37.8. The fraction of sp³-hybridized carbons (Fsp3) is 0.280. The van der Waals surface area contributed by atoms with E-state index in [9.17, 15) is 9.59 Å². The van der Waals surface area contributed by atoms with Crippen LogP contribution in [-0.2, 0) is 22.5 Å². The van der Waals surface area contributed by atoms with Gasteiger partial charge < -0.3 is 9.64 Å². The lowest BCUT2D eigenvalue weighted by Gasteiger charge is -2.27. The first-order valence-electron chi connectivity index (χ1n) is 11.0. The van der Waals surface area contributed by atoms with Crippen LogP contribution in [0.4, 0.5) is 5.13 Å². The van der Waals surface area contributed by atoms with E-state index in [1.165, 1.54) is 11.3 Å². The molecule has 1 amide bonds. The Morgan fingerprint density at radius 1 is 1.12 bits per heavy atom. The molecule has 1 N–H and O–H groups in total. The minimum Gasteiger partial charge on any atom is -0.449 e. The van der Waals surface area contributed by atoms with Crippen molar-refractivity contribution >= 4 is 49.5 Å². The summed E-state index contributed by atoms with van der Waals surface area (Å²) in [5, 5.41) is 4.05. The Bertz CT molecular complexity index is 1330. The summed E-state index contributed by atoms with van der Waals surface area (Å²) in [5.74, 6) is -0.874. The van der Waals surface area contributed by atoms with Crippen molar-refractivity contribution in [3.05, 3.63) is 65.4 Å². The molecule has 0 spiro atoms. The molecule has 3 heterocycles. The zero-order chi connectivity index (χ0) is 22.9. The van der Waals surface area contributed by atoms with Crippen LogP contribution in [0.5, 0.6) is 0 Å². The van der Waals surface area contributed by atoms with Gasteiger partial charge in [-0.25, -0.2) is 9.78 Å². The largest absolute Gasteiger partial charge is 0.449 e. The predicted octanol–water partition coefficient (Wildman–Crippen LogP) is 4.41. The molecule has 0 saturated carbocycles. The second kappa shape index (κ2) is 8.88. The lowest BCUT2D eigenvalue weighted by Crippen LogP contribution is -2.34. The van der Waals surface area contributed by atoms with Gasteiger partial charge in [0.1, 0.15) is 0 Å². The van der Waals surface area contributed by atoms with Crippen LogP contribution in [0.1, 0.15) is 35.0 Å². The molecular formula is C25H24N4O3S. The number of esters is 1. The van der Waals surface area contributed by atoms with Gasteiger partial charge in [-0.3, -0.25) is 15.1 Å². The quantitative estimate of drug-likeness (QED) is 0.444. The smallest absolute Gasteiger partial charge is 0.340 e. The molecule has 4 aromatic rings. The van der Waals surface area contributed by atoms with E-state index in [1.54, 1.807) is 0 Å². The van der Waals surface area contributed by atoms with Crippen molar-refractivity contribution in [1.82, 2.24) is 14.9 Å². The number of likely N-dealkylation sites (N-methyl/N-ethyl adjacent to an activating group) is 1. The van der Waals surface area contributed by atoms with Gasteiger partial charge in [0, 0.05) is 36.2 Å². The summed E-state index contributed by atoms with van der Waals surface area (Å²) >= 11 is 1.39. The first-order valence-corrected chi connectivity index (χ1v) is 11.8. The summed E-state index contributed by atoms with van der Waals surface area (Å²) in [6.07, 6.45) is 0.202. The SMILES string of the molecule is CCC(OC(=O)c1c2c(nc3ccccc13)CCN(C)C2)C(=O)Nc1nc2ccccc2s1. The van der Waals surface area contributed by atoms with Crippen LogP contribution in [0, 0.1) is 0 Å². The molecule has 1 atom stereocenters. The summed E-state index contributed by atoms with van der Waals surface area (Å²) in [7, 11) is 2.02. The molecule has 168 valence electrons. The number of nitrogens with zero attached hydrogens (tertiary/aromatic N) is 3. The Labute approximate surface area is 195 Å². The van der Waals surface area contributed by atoms with E-state index in [4.69, 9.17) is 9.72 Å². The average molecular weight is 461 g/mol. The molecule has 0 bridgehead atoms. The topological polar surface area (TPSA) is 84.4 Å². The van der Waals surface area contributed by atoms with E-state index in [-0.39, 0.29) is 5.91 Å². The maximum atomic E-state index is 13.4. The number of amides is 1. The van der Waals surface area contributed by atoms with Gasteiger partial charge in [0.05, 0.1) is 21.3 Å². The summed E-state index contributed by atoms with van der Waals surface area (Å²) in [6, 6.07) is 15.3. The number of aromatic nitrogens is 2. The number of nitrogens with one attached hydrogen (secondary N) is 1. The minimum absolute atomic E-state index is 0.355. The lowest BCUT2D eigenvalue weighted by atomic mass is 9.96. The second-order valence-corrected chi connectivity index (χ2v) is 9.23. The predicted molar refractivity (Wildman–Crippen MR) is 130 cm³/mol. The van der Waals surface area contributed by atoms with Gasteiger partial charge in [-0.15, -0.1) is 0 Å². The molecule has 0 fully saturated rings. The Morgan fingerprint density at radius 3 is 2.67 bits per heavy atom. The summed E-state index contributed by atoms with van der Waals surface area (Å²) in [6.45, 7) is 3.32. The van der Waals surface area contributed by atoms with Crippen molar-refractivity contribution in [3.8, 4) is 0 Å². The van der Waals surface area contributed by atoms with Crippen molar-refractivity contribution in [3.63, 3.8) is 0 Å². The normalized spacial score (nSPS) is 14.7. The highest BCUT2D eigenvalue weighted by atomic mass is 32.1. The third-order valence-electron chi connectivity index (χ3n) is 5.88. The van der Waals surface area contributed by atoms with Gasteiger partial charge in [-0.05, 0) is 31.7 Å². The van der Waals surface area contributed by atoms with E-state index < -0.39 is 12.1 Å². The van der Waals surface area contributed by atoms with Crippen molar-refractivity contribution in [2.24, 2.45) is 0 Å². The van der Waals surface area contributed by atoms with Gasteiger partial charge in [0.2, 0.25) is 0 Å². The molecule has 0 saturated heterocycles. The molecule has 1 unspecified atom stereocenters. The number of fused-ring (bicyclic) bond motifs is 3. The fourth-order valence-electron chi connectivity index (χ4n) is 4.18. The average Bonchev–Trinajstić information content (AvgIpc) is 3.23. The molecular weight excluding hydrogens is 436 g/mol. The second-order valence-electron chi connectivity index (χ2n) is 8.20. The van der Waals surface area contributed by atoms with Crippen molar-refractivity contribution in [2.45, 2.75) is 32.4 Å². The third kappa shape index (κ3) is 4.19. The highest BCUT2D eigenvalue weighted by Gasteiger charge is 2.29. The molecule has 7 nitrogen and oxygen atoms in total. The molecule has 1 aliphatic heterocycles. The molecule has 0 radical (unpaired) electrons. The van der Waals surface area contributed by atoms with E-state index >= 15 is 0 Å². The van der Waals surface area contributed by atoms with Gasteiger partial charge >= 0.3 is 5.97 Å². The first kappa shape index (κ1) is 21.5. The number of rotatable bonds is 5. The molecule has 2 aromatic carbocycles. The summed E-state index contributed by atoms with van der Waals surface area (Å²) in [5.41, 5.74) is 3.90. The highest BCUT2D eigenvalue weighted by molar-refractivity contribution is 7.22. The third-order valence-corrected chi connectivity index (χ3v) is 6.83. The maximum absolute atomic E-state index is 13.4. The number of ether oxygens (including phenoxy) is 1. The number of benzene rings is 2. The van der Waals surface area contributed by atoms with E-state index in [0.29, 0.717) is 23.7 Å². The Balaban J connectivity index is 1.43. The van der Waals surface area contributed by atoms with Crippen LogP contribution in [-0.4, -0.2) is 46.4 Å². The Hall–Kier alpha value is -3.36. The lowest BCUT2D eigenvalue weighted by molar-refractivity contribution is -0.124. The van der Waals surface area contributed by atoms with Crippen LogP contribution in [0.2, 0.25) is 0 Å². The zero-order valence-corrected chi connectivity index (χ0v) is 19.3. The highest BCUT2D eigenvalue weighted by Crippen LogP contribution is 2.29. The van der Waals surface area contributed by atoms with Crippen molar-refractivity contribution in [1.29, 1.82) is 0 Å². The van der Waals surface area contributed by atoms with Gasteiger partial charge in [-0.1, -0.05) is 48.6 Å². The van der Waals surface area contributed by atoms with Crippen LogP contribution >= 0.6 is 11.3 Å². The van der Waals surface area contributed by atoms with Crippen LogP contribution in [0.15, 0.2) is 48.5 Å². The van der Waals surface area contributed by atoms with Gasteiger partial charge in [0.25, 0.3) is 5.91 Å². The maximum Gasteiger partial charge on any atom is 0.340 e. The van der Waals surface area contributed by atoms with Crippen LogP contribution in [0.3, 0.4) is 0 Å². The van der Waals surface area contributed by atoms with Crippen LogP contribution < -0.4 is 5.32 Å². The number of carbonyl (C=O) groups excluding carboxylic acids is 2. The zero-order valence-electron chi connectivity index (χ0n) is 18.5. The van der Waals surface area contributed by atoms with Gasteiger partial charge in [0.15, 0.2) is 11.2 Å². The van der Waals surface area contributed by atoms with E-state index in [1.807, 2.05) is 62.5 Å². The fourth-order valence-corrected chi connectivity index (χ4v) is 5.05. The number of para-hydroxylation sites is 2. The van der Waals surface area contributed by atoms with Gasteiger partial charge in [-0.2, -0.15) is 0 Å². The monoisotopic (exact) mass is 460 g/mol. The molecule has 0 aliphatic carbocycles. The molecule has 8 heteroatoms. The number of carbonyl (C=O) groups is 2. The van der Waals surface area contributed by atoms with E-state index in [2.05, 4.69) is 15.2 Å². The Morgan fingerprint density at radius 2 is 1.88 bits per heavy atom. The molecule has 33 heavy (non-hydrogen) atoms. The standard InChI is InChI=1S/C25H24N4O3S/c1-3-20(23(30)28-25-27-19-10-6-7-11-21(19)33-25)32-24(31)22-15-8-4-5-9-17(15)26-18-12-13-29(2)14-16(18)22/h4-11,20H,3,12-14H2,1-2H3,(H,27,28,30). The molecule has 5 rings (SSSR count). The van der Waals surface area contributed by atoms with Crippen molar-refractivity contribution in [2.75, 3.05) is 18.9 Å². The first-order chi connectivity index (χ1) is 16.0. The number of anilines is 1. The summed E-state index contributed by atoms with van der Waals surface area (Å²) < 4.78 is 6.77. The number of hydrogen-bond donors (Lipinski definition) is 1. The van der Waals surface area contributed by atoms with Crippen LogP contribution in [0.25, 0.3) is 21.1 Å². The van der Waals surface area contributed by atoms with Crippen molar-refractivity contribution < 1.29 is 14.3 Å². The number of hydrogen-bond acceptors (Lipinski definition) is 7. The molecule has 2 aromatic heterocycles. The minimum atomic E-state index is -0.923. The van der Waals surface area contributed by atoms with E-state index in [0.717, 1.165) is 45.3 Å². The Kier molecular flexibility index (Phi) is 5.78.